The Morgan fingerprint density at radius 3 is 2.71 bits per heavy atom. The second-order valence-electron chi connectivity index (χ2n) is 7.67. The monoisotopic (exact) mass is 553 g/mol. The van der Waals surface area contributed by atoms with Gasteiger partial charge in [0.15, 0.2) is 0 Å². The SMILES string of the molecule is NC(=O)On1cc(NC(=O)N2C[C@H](F)C[C@H]2CNS(=O)(=O)c2cccc(Br)c2)c2ccccc21. The van der Waals surface area contributed by atoms with Gasteiger partial charge < -0.3 is 20.8 Å². The van der Waals surface area contributed by atoms with E-state index in [1.54, 1.807) is 36.4 Å². The number of halogens is 2. The molecule has 0 radical (unpaired) electrons. The highest BCUT2D eigenvalue weighted by Crippen LogP contribution is 2.27. The van der Waals surface area contributed by atoms with Gasteiger partial charge in [-0.3, -0.25) is 0 Å². The molecule has 1 saturated heterocycles. The summed E-state index contributed by atoms with van der Waals surface area (Å²) < 4.78 is 43.7. The number of benzene rings is 2. The van der Waals surface area contributed by atoms with Gasteiger partial charge in [0.05, 0.1) is 28.8 Å². The Morgan fingerprint density at radius 1 is 1.21 bits per heavy atom. The zero-order chi connectivity index (χ0) is 24.5. The molecule has 3 amide bonds. The number of hydrogen-bond donors (Lipinski definition) is 3. The second kappa shape index (κ2) is 9.60. The zero-order valence-corrected chi connectivity index (χ0v) is 20.1. The fraction of sp³-hybridized carbons (Fsp3) is 0.238. The highest BCUT2D eigenvalue weighted by atomic mass is 79.9. The normalized spacial score (nSPS) is 18.2. The summed E-state index contributed by atoms with van der Waals surface area (Å²) in [6.45, 7) is -0.346. The van der Waals surface area contributed by atoms with Crippen molar-refractivity contribution >= 4 is 54.7 Å². The van der Waals surface area contributed by atoms with Gasteiger partial charge in [0, 0.05) is 28.9 Å². The van der Waals surface area contributed by atoms with E-state index < -0.39 is 34.4 Å². The van der Waals surface area contributed by atoms with Gasteiger partial charge >= 0.3 is 12.1 Å². The molecular weight excluding hydrogens is 533 g/mol. The topological polar surface area (TPSA) is 136 Å². The van der Waals surface area contributed by atoms with E-state index >= 15 is 0 Å². The van der Waals surface area contributed by atoms with E-state index in [9.17, 15) is 22.4 Å². The molecule has 4 rings (SSSR count). The van der Waals surface area contributed by atoms with Gasteiger partial charge in [-0.25, -0.2) is 27.1 Å². The Bertz CT molecular complexity index is 1350. The average Bonchev–Trinajstić information content (AvgIpc) is 3.32. The van der Waals surface area contributed by atoms with Crippen LogP contribution in [0.3, 0.4) is 0 Å². The Labute approximate surface area is 203 Å². The largest absolute Gasteiger partial charge is 0.429 e. The molecule has 0 bridgehead atoms. The summed E-state index contributed by atoms with van der Waals surface area (Å²) in [7, 11) is -3.86. The molecule has 1 aromatic heterocycles. The number of amides is 3. The third kappa shape index (κ3) is 5.16. The first-order valence-corrected chi connectivity index (χ1v) is 12.5. The molecule has 2 heterocycles. The number of anilines is 1. The maximum atomic E-state index is 14.2. The lowest BCUT2D eigenvalue weighted by Crippen LogP contribution is -2.45. The summed E-state index contributed by atoms with van der Waals surface area (Å²) >= 11 is 3.23. The average molecular weight is 554 g/mol. The molecule has 3 aromatic rings. The van der Waals surface area contributed by atoms with Crippen molar-refractivity contribution in [3.8, 4) is 0 Å². The predicted molar refractivity (Wildman–Crippen MR) is 126 cm³/mol. The summed E-state index contributed by atoms with van der Waals surface area (Å²) in [5, 5.41) is 3.26. The number of carbonyl (C=O) groups is 2. The van der Waals surface area contributed by atoms with Gasteiger partial charge in [-0.2, -0.15) is 4.73 Å². The molecule has 1 fully saturated rings. The van der Waals surface area contributed by atoms with Gasteiger partial charge in [0.2, 0.25) is 10.0 Å². The quantitative estimate of drug-likeness (QED) is 0.431. The van der Waals surface area contributed by atoms with E-state index in [0.717, 1.165) is 4.73 Å². The molecule has 4 N–H and O–H groups in total. The molecule has 0 spiro atoms. The van der Waals surface area contributed by atoms with Crippen LogP contribution in [0.2, 0.25) is 0 Å². The fourth-order valence-corrected chi connectivity index (χ4v) is 5.50. The highest BCUT2D eigenvalue weighted by molar-refractivity contribution is 9.10. The molecule has 1 aliphatic rings. The number of fused-ring (bicyclic) bond motifs is 1. The van der Waals surface area contributed by atoms with Crippen molar-refractivity contribution in [2.75, 3.05) is 18.4 Å². The van der Waals surface area contributed by atoms with Crippen LogP contribution in [-0.2, 0) is 10.0 Å². The Hall–Kier alpha value is -3.16. The lowest BCUT2D eigenvalue weighted by molar-refractivity contribution is 0.149. The molecule has 0 aliphatic carbocycles. The van der Waals surface area contributed by atoms with Crippen molar-refractivity contribution in [2.24, 2.45) is 5.73 Å². The van der Waals surface area contributed by atoms with Crippen LogP contribution in [0.25, 0.3) is 10.9 Å². The van der Waals surface area contributed by atoms with E-state index in [0.29, 0.717) is 21.1 Å². The first kappa shape index (κ1) is 24.0. The Kier molecular flexibility index (Phi) is 6.77. The number of alkyl halides is 1. The number of rotatable bonds is 6. The fourth-order valence-electron chi connectivity index (χ4n) is 3.83. The van der Waals surface area contributed by atoms with Gasteiger partial charge in [-0.05, 0) is 24.3 Å². The molecule has 13 heteroatoms. The number of likely N-dealkylation sites (tertiary alicyclic amines) is 1. The number of urea groups is 1. The number of aromatic nitrogens is 1. The van der Waals surface area contributed by atoms with Crippen LogP contribution in [0.15, 0.2) is 64.1 Å². The molecule has 10 nitrogen and oxygen atoms in total. The summed E-state index contributed by atoms with van der Waals surface area (Å²) in [6.07, 6.45) is -0.968. The van der Waals surface area contributed by atoms with E-state index in [-0.39, 0.29) is 24.4 Å². The summed E-state index contributed by atoms with van der Waals surface area (Å²) in [5.41, 5.74) is 5.90. The number of carbonyl (C=O) groups excluding carboxylic acids is 2. The van der Waals surface area contributed by atoms with Gasteiger partial charge in [-0.15, -0.1) is 0 Å². The van der Waals surface area contributed by atoms with Gasteiger partial charge in [0.1, 0.15) is 6.17 Å². The first-order valence-electron chi connectivity index (χ1n) is 10.2. The van der Waals surface area contributed by atoms with Crippen molar-refractivity contribution in [1.29, 1.82) is 0 Å². The van der Waals surface area contributed by atoms with Crippen molar-refractivity contribution in [3.05, 3.63) is 59.2 Å². The summed E-state index contributed by atoms with van der Waals surface area (Å²) in [6, 6.07) is 11.7. The summed E-state index contributed by atoms with van der Waals surface area (Å²) in [4.78, 5) is 30.4. The minimum atomic E-state index is -3.86. The molecule has 0 saturated carbocycles. The molecule has 0 unspecified atom stereocenters. The first-order chi connectivity index (χ1) is 16.1. The van der Waals surface area contributed by atoms with Crippen molar-refractivity contribution in [2.45, 2.75) is 23.5 Å². The van der Waals surface area contributed by atoms with Gasteiger partial charge in [-0.1, -0.05) is 40.2 Å². The lowest BCUT2D eigenvalue weighted by atomic mass is 10.2. The molecule has 2 aromatic carbocycles. The third-order valence-corrected chi connectivity index (χ3v) is 7.26. The number of primary amides is 1. The predicted octanol–water partition coefficient (Wildman–Crippen LogP) is 2.83. The van der Waals surface area contributed by atoms with Crippen LogP contribution in [0, 0.1) is 0 Å². The lowest BCUT2D eigenvalue weighted by Gasteiger charge is -2.24. The minimum absolute atomic E-state index is 0.0129. The van der Waals surface area contributed by atoms with Gasteiger partial charge in [0.25, 0.3) is 0 Å². The molecule has 2 atom stereocenters. The van der Waals surface area contributed by atoms with Crippen molar-refractivity contribution in [3.63, 3.8) is 0 Å². The smallest absolute Gasteiger partial charge is 0.333 e. The standard InChI is InChI=1S/C21H21BrFN5O5S/c22-13-4-3-5-16(8-13)34(31,32)25-10-15-9-14(23)11-27(15)21(30)26-18-12-28(33-20(24)29)19-7-2-1-6-17(18)19/h1-8,12,14-15,25H,9-11H2,(H2,24,29)(H,26,30)/t14-,15+/m1/s1. The number of nitrogens with two attached hydrogens (primary N) is 1. The van der Waals surface area contributed by atoms with Crippen LogP contribution in [0.5, 0.6) is 0 Å². The van der Waals surface area contributed by atoms with E-state index in [4.69, 9.17) is 10.6 Å². The van der Waals surface area contributed by atoms with E-state index in [1.807, 2.05) is 0 Å². The van der Waals surface area contributed by atoms with E-state index in [2.05, 4.69) is 26.0 Å². The van der Waals surface area contributed by atoms with Crippen LogP contribution in [0.4, 0.5) is 19.7 Å². The Balaban J connectivity index is 1.50. The van der Waals surface area contributed by atoms with E-state index in [1.165, 1.54) is 23.2 Å². The molecule has 34 heavy (non-hydrogen) atoms. The summed E-state index contributed by atoms with van der Waals surface area (Å²) in [5.74, 6) is 0. The molecular formula is C21H21BrFN5O5S. The minimum Gasteiger partial charge on any atom is -0.333 e. The highest BCUT2D eigenvalue weighted by Gasteiger charge is 2.36. The number of para-hydroxylation sites is 1. The zero-order valence-electron chi connectivity index (χ0n) is 17.6. The van der Waals surface area contributed by atoms with Crippen LogP contribution < -0.4 is 20.6 Å². The number of hydrogen-bond acceptors (Lipinski definition) is 5. The number of sulfonamides is 1. The Morgan fingerprint density at radius 2 is 1.97 bits per heavy atom. The maximum Gasteiger partial charge on any atom is 0.429 e. The number of nitrogens with one attached hydrogen (secondary N) is 2. The molecule has 180 valence electrons. The number of nitrogens with zero attached hydrogens (tertiary/aromatic N) is 2. The van der Waals surface area contributed by atoms with Crippen LogP contribution in [-0.4, -0.2) is 55.5 Å². The van der Waals surface area contributed by atoms with Crippen molar-refractivity contribution in [1.82, 2.24) is 14.4 Å². The van der Waals surface area contributed by atoms with Crippen molar-refractivity contribution < 1.29 is 27.2 Å². The third-order valence-electron chi connectivity index (χ3n) is 5.35. The maximum absolute atomic E-state index is 14.2. The molecule has 1 aliphatic heterocycles. The van der Waals surface area contributed by atoms with Crippen LogP contribution >= 0.6 is 15.9 Å². The second-order valence-corrected chi connectivity index (χ2v) is 10.4. The van der Waals surface area contributed by atoms with Crippen LogP contribution in [0.1, 0.15) is 6.42 Å².